The Hall–Kier alpha value is -3.63. The average molecular weight is 876 g/mol. The SMILES string of the molecule is CC.CC.CC12CCC(c3c1n[n-]c3-c1nccc3ccccc13)C2(C)C.CCC1(C)c2n[n-]c(-c3nccc4ccccc34)c2C(C)C1(C)C.[Pt+2]. The minimum Gasteiger partial charge on any atom is -0.573 e. The number of benzene rings is 2. The largest absolute Gasteiger partial charge is 2.00 e. The first kappa shape index (κ1) is 39.6. The van der Waals surface area contributed by atoms with Gasteiger partial charge in [-0.1, -0.05) is 143 Å². The van der Waals surface area contributed by atoms with E-state index in [9.17, 15) is 0 Å². The second-order valence-corrected chi connectivity index (χ2v) is 15.7. The summed E-state index contributed by atoms with van der Waals surface area (Å²) in [5, 5.41) is 23.2. The van der Waals surface area contributed by atoms with Crippen LogP contribution >= 0.6 is 0 Å². The van der Waals surface area contributed by atoms with E-state index < -0.39 is 0 Å². The topological polar surface area (TPSA) is 79.8 Å². The van der Waals surface area contributed by atoms with Gasteiger partial charge < -0.3 is 20.4 Å². The third kappa shape index (κ3) is 5.53. The molecule has 52 heavy (non-hydrogen) atoms. The molecule has 3 aliphatic rings. The molecule has 4 aromatic heterocycles. The van der Waals surface area contributed by atoms with Gasteiger partial charge in [-0.15, -0.1) is 0 Å². The van der Waals surface area contributed by atoms with Crippen LogP contribution in [0.25, 0.3) is 44.3 Å². The molecule has 2 bridgehead atoms. The van der Waals surface area contributed by atoms with Gasteiger partial charge in [-0.2, -0.15) is 0 Å². The molecule has 6 aromatic rings. The van der Waals surface area contributed by atoms with Crippen LogP contribution in [0, 0.1) is 10.8 Å². The zero-order valence-electron chi connectivity index (χ0n) is 33.2. The van der Waals surface area contributed by atoms with E-state index in [0.717, 1.165) is 34.6 Å². The Morgan fingerprint density at radius 2 is 1.13 bits per heavy atom. The first-order chi connectivity index (χ1) is 24.5. The van der Waals surface area contributed by atoms with Gasteiger partial charge in [0.15, 0.2) is 0 Å². The number of hydrogen-bond acceptors (Lipinski definition) is 4. The molecule has 0 amide bonds. The molecule has 3 aliphatic carbocycles. The number of pyridine rings is 2. The van der Waals surface area contributed by atoms with Gasteiger partial charge in [-0.3, -0.25) is 9.97 Å². The molecule has 0 saturated heterocycles. The first-order valence-electron chi connectivity index (χ1n) is 19.2. The predicted molar refractivity (Wildman–Crippen MR) is 212 cm³/mol. The van der Waals surface area contributed by atoms with Crippen molar-refractivity contribution in [2.24, 2.45) is 10.8 Å². The van der Waals surface area contributed by atoms with Crippen molar-refractivity contribution < 1.29 is 21.1 Å². The number of nitrogens with zero attached hydrogens (tertiary/aromatic N) is 6. The summed E-state index contributed by atoms with van der Waals surface area (Å²) in [5.74, 6) is 0.955. The zero-order chi connectivity index (χ0) is 36.9. The van der Waals surface area contributed by atoms with Crippen LogP contribution in [0.4, 0.5) is 0 Å². The van der Waals surface area contributed by atoms with Crippen molar-refractivity contribution in [3.05, 3.63) is 95.6 Å². The van der Waals surface area contributed by atoms with Gasteiger partial charge in [-0.05, 0) is 76.0 Å². The van der Waals surface area contributed by atoms with Gasteiger partial charge in [0.2, 0.25) is 0 Å². The van der Waals surface area contributed by atoms with Gasteiger partial charge in [-0.25, -0.2) is 0 Å². The van der Waals surface area contributed by atoms with Crippen LogP contribution in [0.2, 0.25) is 0 Å². The quantitative estimate of drug-likeness (QED) is 0.176. The van der Waals surface area contributed by atoms with Crippen molar-refractivity contribution in [2.75, 3.05) is 0 Å². The molecular formula is C45H56N6Pt. The van der Waals surface area contributed by atoms with E-state index in [-0.39, 0.29) is 42.7 Å². The molecule has 276 valence electrons. The smallest absolute Gasteiger partial charge is 0.573 e. The van der Waals surface area contributed by atoms with Crippen LogP contribution in [0.3, 0.4) is 0 Å². The van der Waals surface area contributed by atoms with E-state index >= 15 is 0 Å². The molecule has 2 aromatic carbocycles. The molecule has 4 atom stereocenters. The molecule has 1 fully saturated rings. The van der Waals surface area contributed by atoms with Gasteiger partial charge >= 0.3 is 21.1 Å². The minimum atomic E-state index is 0. The number of fused-ring (bicyclic) bond motifs is 8. The first-order valence-corrected chi connectivity index (χ1v) is 19.2. The summed E-state index contributed by atoms with van der Waals surface area (Å²) in [6.45, 7) is 26.8. The van der Waals surface area contributed by atoms with Gasteiger partial charge in [0.1, 0.15) is 0 Å². The van der Waals surface area contributed by atoms with Gasteiger partial charge in [0.25, 0.3) is 0 Å². The molecule has 0 spiro atoms. The van der Waals surface area contributed by atoms with Crippen molar-refractivity contribution >= 4 is 21.5 Å². The summed E-state index contributed by atoms with van der Waals surface area (Å²) >= 11 is 0. The third-order valence-corrected chi connectivity index (χ3v) is 13.6. The van der Waals surface area contributed by atoms with Gasteiger partial charge in [0.05, 0.1) is 11.4 Å². The number of hydrogen-bond donors (Lipinski definition) is 0. The van der Waals surface area contributed by atoms with Crippen LogP contribution in [-0.2, 0) is 31.9 Å². The van der Waals surface area contributed by atoms with E-state index in [0.29, 0.717) is 11.8 Å². The Labute approximate surface area is 325 Å². The second kappa shape index (κ2) is 14.7. The Balaban J connectivity index is 0.000000181. The fraction of sp³-hybridized carbons (Fsp3) is 0.467. The standard InChI is InChI=1S/C21H24N3.C20H20N3.2C2H6.Pt/c1-6-21(5)19-16(13(2)20(21,3)4)18(23-24-19)17-15-10-8-7-9-14(15)11-12-22-17;1-19(2)14-8-10-20(19,3)18-15(14)17(22-23-18)16-13-7-5-4-6-12(13)9-11-21-16;2*1-2;/h7-13H,6H2,1-5H3;4-7,9,11,14H,8,10H2,1-3H3;2*1-2H3;/q2*-1;;;+2. The van der Waals surface area contributed by atoms with Crippen LogP contribution in [-0.4, -0.2) is 20.2 Å². The van der Waals surface area contributed by atoms with Crippen molar-refractivity contribution in [3.63, 3.8) is 0 Å². The maximum Gasteiger partial charge on any atom is 2.00 e. The molecule has 0 aliphatic heterocycles. The summed E-state index contributed by atoms with van der Waals surface area (Å²) in [6, 6.07) is 20.9. The molecule has 1 saturated carbocycles. The summed E-state index contributed by atoms with van der Waals surface area (Å²) in [4.78, 5) is 9.36. The van der Waals surface area contributed by atoms with Crippen molar-refractivity contribution in [1.82, 2.24) is 30.4 Å². The summed E-state index contributed by atoms with van der Waals surface area (Å²) < 4.78 is 0. The Kier molecular flexibility index (Phi) is 11.2. The second-order valence-electron chi connectivity index (χ2n) is 15.7. The Morgan fingerprint density at radius 3 is 1.65 bits per heavy atom. The van der Waals surface area contributed by atoms with Crippen LogP contribution < -0.4 is 10.2 Å². The predicted octanol–water partition coefficient (Wildman–Crippen LogP) is 11.5. The summed E-state index contributed by atoms with van der Waals surface area (Å²) in [7, 11) is 0. The monoisotopic (exact) mass is 875 g/mol. The maximum absolute atomic E-state index is 4.68. The van der Waals surface area contributed by atoms with E-state index in [2.05, 4.69) is 146 Å². The van der Waals surface area contributed by atoms with E-state index in [1.165, 1.54) is 51.5 Å². The molecule has 4 heterocycles. The van der Waals surface area contributed by atoms with E-state index in [1.807, 2.05) is 40.1 Å². The van der Waals surface area contributed by atoms with Crippen LogP contribution in [0.5, 0.6) is 0 Å². The third-order valence-electron chi connectivity index (χ3n) is 13.6. The molecular weight excluding hydrogens is 820 g/mol. The molecule has 4 unspecified atom stereocenters. The fourth-order valence-corrected chi connectivity index (χ4v) is 9.36. The molecule has 9 rings (SSSR count). The van der Waals surface area contributed by atoms with E-state index in [1.54, 1.807) is 0 Å². The van der Waals surface area contributed by atoms with Crippen molar-refractivity contribution in [2.45, 2.75) is 125 Å². The van der Waals surface area contributed by atoms with Crippen LogP contribution in [0.15, 0.2) is 73.1 Å². The number of aromatic nitrogens is 6. The Bertz CT molecular complexity index is 2170. The molecule has 7 heteroatoms. The molecule has 0 N–H and O–H groups in total. The molecule has 0 radical (unpaired) electrons. The minimum absolute atomic E-state index is 0. The van der Waals surface area contributed by atoms with Crippen molar-refractivity contribution in [3.8, 4) is 22.8 Å². The maximum atomic E-state index is 4.68. The average Bonchev–Trinajstić information content (AvgIpc) is 3.92. The molecule has 6 nitrogen and oxygen atoms in total. The van der Waals surface area contributed by atoms with E-state index in [4.69, 9.17) is 0 Å². The van der Waals surface area contributed by atoms with Gasteiger partial charge in [0, 0.05) is 45.4 Å². The normalized spacial score (nSPS) is 24.0. The number of rotatable bonds is 3. The fourth-order valence-electron chi connectivity index (χ4n) is 9.36. The van der Waals surface area contributed by atoms with Crippen molar-refractivity contribution in [1.29, 1.82) is 0 Å². The zero-order valence-corrected chi connectivity index (χ0v) is 35.5. The Morgan fingerprint density at radius 1 is 0.654 bits per heavy atom. The summed E-state index contributed by atoms with van der Waals surface area (Å²) in [5.41, 5.74) is 9.62. The summed E-state index contributed by atoms with van der Waals surface area (Å²) in [6.07, 6.45) is 7.29. The van der Waals surface area contributed by atoms with Crippen LogP contribution in [0.1, 0.15) is 137 Å².